The molecule has 9 heteroatoms. The second-order valence-corrected chi connectivity index (χ2v) is 10.6. The fourth-order valence-corrected chi connectivity index (χ4v) is 4.71. The first kappa shape index (κ1) is 27.8. The summed E-state index contributed by atoms with van der Waals surface area (Å²) in [6, 6.07) is 16.0. The molecular formula is C30H36N4O5. The Bertz CT molecular complexity index is 1310. The number of alkyl carbamates (subject to hydrolysis) is 1. The zero-order valence-electron chi connectivity index (χ0n) is 22.7. The Morgan fingerprint density at radius 1 is 1.13 bits per heavy atom. The Morgan fingerprint density at radius 2 is 1.85 bits per heavy atom. The van der Waals surface area contributed by atoms with Crippen molar-refractivity contribution in [3.05, 3.63) is 84.6 Å². The molecule has 0 spiro atoms. The maximum Gasteiger partial charge on any atom is 0.429 e. The van der Waals surface area contributed by atoms with Gasteiger partial charge in [0.15, 0.2) is 0 Å². The second kappa shape index (κ2) is 12.1. The van der Waals surface area contributed by atoms with E-state index in [2.05, 4.69) is 16.9 Å². The van der Waals surface area contributed by atoms with Gasteiger partial charge in [-0.1, -0.05) is 54.6 Å². The van der Waals surface area contributed by atoms with Gasteiger partial charge in [-0.2, -0.15) is 0 Å². The first-order valence-electron chi connectivity index (χ1n) is 13.1. The molecular weight excluding hydrogens is 496 g/mol. The van der Waals surface area contributed by atoms with E-state index in [0.717, 1.165) is 22.0 Å². The normalized spacial score (nSPS) is 16.1. The van der Waals surface area contributed by atoms with E-state index in [1.807, 2.05) is 60.8 Å². The molecule has 1 saturated heterocycles. The van der Waals surface area contributed by atoms with Crippen molar-refractivity contribution in [3.8, 4) is 0 Å². The monoisotopic (exact) mass is 532 g/mol. The molecule has 0 radical (unpaired) electrons. The fourth-order valence-electron chi connectivity index (χ4n) is 4.71. The Hall–Kier alpha value is -4.27. The average molecular weight is 533 g/mol. The molecule has 3 amide bonds. The molecule has 0 saturated carbocycles. The number of aromatic nitrogens is 1. The number of ether oxygens (including phenoxy) is 2. The summed E-state index contributed by atoms with van der Waals surface area (Å²) < 4.78 is 11.0. The largest absolute Gasteiger partial charge is 0.444 e. The van der Waals surface area contributed by atoms with Crippen LogP contribution in [0, 0.1) is 0 Å². The molecule has 1 aliphatic heterocycles. The third kappa shape index (κ3) is 6.98. The molecule has 3 aromatic rings. The summed E-state index contributed by atoms with van der Waals surface area (Å²) in [4.78, 5) is 43.1. The number of fused-ring (bicyclic) bond motifs is 1. The van der Waals surface area contributed by atoms with Crippen LogP contribution in [0.5, 0.6) is 0 Å². The number of aromatic amines is 1. The van der Waals surface area contributed by atoms with Crippen molar-refractivity contribution in [2.75, 3.05) is 6.54 Å². The molecule has 1 aromatic heterocycles. The smallest absolute Gasteiger partial charge is 0.429 e. The van der Waals surface area contributed by atoms with Crippen LogP contribution in [0.1, 0.15) is 44.7 Å². The second-order valence-electron chi connectivity index (χ2n) is 10.6. The van der Waals surface area contributed by atoms with Crippen LogP contribution in [-0.4, -0.2) is 57.3 Å². The number of carbonyl (C=O) groups excluding carboxylic acids is 3. The van der Waals surface area contributed by atoms with Gasteiger partial charge in [-0.05, 0) is 57.2 Å². The predicted molar refractivity (Wildman–Crippen MR) is 149 cm³/mol. The number of nitrogens with zero attached hydrogens (tertiary/aromatic N) is 2. The minimum atomic E-state index is -0.967. The maximum atomic E-state index is 14.0. The molecule has 0 aliphatic carbocycles. The van der Waals surface area contributed by atoms with Gasteiger partial charge in [0.25, 0.3) is 5.91 Å². The van der Waals surface area contributed by atoms with E-state index >= 15 is 0 Å². The van der Waals surface area contributed by atoms with Crippen LogP contribution >= 0.6 is 0 Å². The number of amides is 3. The highest BCUT2D eigenvalue weighted by molar-refractivity contribution is 5.88. The number of carbonyl (C=O) groups is 3. The van der Waals surface area contributed by atoms with Gasteiger partial charge < -0.3 is 19.8 Å². The Morgan fingerprint density at radius 3 is 2.56 bits per heavy atom. The number of para-hydroxylation sites is 1. The molecule has 1 aliphatic rings. The topological polar surface area (TPSA) is 104 Å². The number of benzene rings is 2. The van der Waals surface area contributed by atoms with Crippen LogP contribution < -0.4 is 5.32 Å². The van der Waals surface area contributed by atoms with Crippen molar-refractivity contribution in [1.82, 2.24) is 20.3 Å². The highest BCUT2D eigenvalue weighted by atomic mass is 16.6. The van der Waals surface area contributed by atoms with Crippen LogP contribution in [-0.2, 0) is 27.3 Å². The summed E-state index contributed by atoms with van der Waals surface area (Å²) in [6.45, 7) is 9.38. The van der Waals surface area contributed by atoms with E-state index < -0.39 is 29.7 Å². The summed E-state index contributed by atoms with van der Waals surface area (Å²) in [6.07, 6.45) is 3.40. The van der Waals surface area contributed by atoms with Gasteiger partial charge in [0, 0.05) is 23.6 Å². The maximum absolute atomic E-state index is 14.0. The molecule has 0 bridgehead atoms. The summed E-state index contributed by atoms with van der Waals surface area (Å²) in [5.41, 5.74) is 2.14. The lowest BCUT2D eigenvalue weighted by molar-refractivity contribution is -0.147. The third-order valence-corrected chi connectivity index (χ3v) is 6.44. The van der Waals surface area contributed by atoms with E-state index in [1.165, 1.54) is 10.0 Å². The molecule has 206 valence electrons. The zero-order valence-corrected chi connectivity index (χ0v) is 22.7. The van der Waals surface area contributed by atoms with Crippen LogP contribution in [0.4, 0.5) is 9.59 Å². The molecule has 4 rings (SSSR count). The van der Waals surface area contributed by atoms with Gasteiger partial charge in [0.1, 0.15) is 18.2 Å². The highest BCUT2D eigenvalue weighted by Crippen LogP contribution is 2.28. The number of nitrogens with one attached hydrogen (secondary N) is 2. The number of hydrogen-bond acceptors (Lipinski definition) is 5. The minimum absolute atomic E-state index is 0.0809. The number of hydrogen-bond donors (Lipinski definition) is 2. The Labute approximate surface area is 228 Å². The predicted octanol–water partition coefficient (Wildman–Crippen LogP) is 5.33. The summed E-state index contributed by atoms with van der Waals surface area (Å²) in [7, 11) is 0. The molecule has 39 heavy (non-hydrogen) atoms. The lowest BCUT2D eigenvalue weighted by Crippen LogP contribution is -2.56. The van der Waals surface area contributed by atoms with Crippen LogP contribution in [0.2, 0.25) is 0 Å². The van der Waals surface area contributed by atoms with E-state index in [9.17, 15) is 14.4 Å². The average Bonchev–Trinajstić information content (AvgIpc) is 3.51. The molecule has 1 fully saturated rings. The quantitative estimate of drug-likeness (QED) is 0.382. The summed E-state index contributed by atoms with van der Waals surface area (Å²) in [5.74, 6) is -0.431. The lowest BCUT2D eigenvalue weighted by Gasteiger charge is -2.34. The lowest BCUT2D eigenvalue weighted by atomic mass is 10.0. The van der Waals surface area contributed by atoms with Gasteiger partial charge in [-0.3, -0.25) is 4.79 Å². The van der Waals surface area contributed by atoms with E-state index in [4.69, 9.17) is 9.47 Å². The van der Waals surface area contributed by atoms with Gasteiger partial charge in [0.05, 0.1) is 6.04 Å². The van der Waals surface area contributed by atoms with E-state index in [-0.39, 0.29) is 19.1 Å². The van der Waals surface area contributed by atoms with E-state index in [0.29, 0.717) is 19.4 Å². The van der Waals surface area contributed by atoms with Crippen molar-refractivity contribution in [2.45, 2.75) is 64.3 Å². The summed E-state index contributed by atoms with van der Waals surface area (Å²) in [5, 5.41) is 6.52. The standard InChI is InChI=1S/C30H36N4O5/c1-5-11-26(32-28(36)39-30(2,3)4)27(35)34-23(18-22-19-31-25-15-10-9-14-24(22)25)16-17-33(34)29(37)38-20-21-12-7-6-8-13-21/h5-10,12-15,19,23,26,31H,1,11,16-18,20H2,2-4H3,(H,32,36)/t23-,26-/m0/s1. The van der Waals surface area contributed by atoms with Crippen molar-refractivity contribution < 1.29 is 23.9 Å². The van der Waals surface area contributed by atoms with Gasteiger partial charge >= 0.3 is 12.2 Å². The molecule has 2 N–H and O–H groups in total. The Kier molecular flexibility index (Phi) is 8.59. The number of hydrazine groups is 1. The van der Waals surface area contributed by atoms with E-state index in [1.54, 1.807) is 26.8 Å². The highest BCUT2D eigenvalue weighted by Gasteiger charge is 2.42. The van der Waals surface area contributed by atoms with Crippen LogP contribution in [0.3, 0.4) is 0 Å². The first-order chi connectivity index (χ1) is 18.7. The van der Waals surface area contributed by atoms with Gasteiger partial charge in [0.2, 0.25) is 0 Å². The van der Waals surface area contributed by atoms with Crippen molar-refractivity contribution in [1.29, 1.82) is 0 Å². The molecule has 2 atom stereocenters. The number of rotatable bonds is 8. The molecule has 2 aromatic carbocycles. The first-order valence-corrected chi connectivity index (χ1v) is 13.1. The number of H-pyrrole nitrogens is 1. The van der Waals surface area contributed by atoms with Crippen LogP contribution in [0.15, 0.2) is 73.4 Å². The van der Waals surface area contributed by atoms with Crippen molar-refractivity contribution in [2.24, 2.45) is 0 Å². The molecule has 2 heterocycles. The molecule has 0 unspecified atom stereocenters. The SMILES string of the molecule is C=CC[C@H](NC(=O)OC(C)(C)C)C(=O)N1[C@H](Cc2c[nH]c3ccccc23)CCN1C(=O)OCc1ccccc1. The van der Waals surface area contributed by atoms with Crippen LogP contribution in [0.25, 0.3) is 10.9 Å². The Balaban J connectivity index is 1.58. The zero-order chi connectivity index (χ0) is 28.0. The van der Waals surface area contributed by atoms with Gasteiger partial charge in [-0.25, -0.2) is 19.6 Å². The minimum Gasteiger partial charge on any atom is -0.444 e. The molecule has 9 nitrogen and oxygen atoms in total. The van der Waals surface area contributed by atoms with Crippen molar-refractivity contribution >= 4 is 29.0 Å². The summed E-state index contributed by atoms with van der Waals surface area (Å²) >= 11 is 0. The third-order valence-electron chi connectivity index (χ3n) is 6.44. The fraction of sp³-hybridized carbons (Fsp3) is 0.367. The van der Waals surface area contributed by atoms with Crippen molar-refractivity contribution in [3.63, 3.8) is 0 Å². The van der Waals surface area contributed by atoms with Gasteiger partial charge in [-0.15, -0.1) is 6.58 Å².